The number of nitrogens with one attached hydrogen (secondary N) is 1. The molecule has 9 heteroatoms. The summed E-state index contributed by atoms with van der Waals surface area (Å²) in [5.41, 5.74) is 0.586. The van der Waals surface area contributed by atoms with E-state index in [-0.39, 0.29) is 45.8 Å². The van der Waals surface area contributed by atoms with Crippen molar-refractivity contribution in [3.63, 3.8) is 0 Å². The number of phenols is 3. The average molecular weight is 459 g/mol. The van der Waals surface area contributed by atoms with E-state index in [2.05, 4.69) is 5.32 Å². The second-order valence-corrected chi connectivity index (χ2v) is 8.51. The summed E-state index contributed by atoms with van der Waals surface area (Å²) in [5, 5.41) is 31.7. The molecule has 0 saturated carbocycles. The van der Waals surface area contributed by atoms with E-state index < -0.39 is 15.3 Å². The van der Waals surface area contributed by atoms with Crippen LogP contribution < -0.4 is 9.62 Å². The summed E-state index contributed by atoms with van der Waals surface area (Å²) in [6.45, 7) is 1.24. The first-order valence-electron chi connectivity index (χ1n) is 8.30. The topological polar surface area (TPSA) is 110 Å². The van der Waals surface area contributed by atoms with E-state index in [1.54, 1.807) is 12.1 Å². The lowest BCUT2D eigenvalue weighted by molar-refractivity contribution is 0.402. The van der Waals surface area contributed by atoms with E-state index in [4.69, 9.17) is 0 Å². The minimum absolute atomic E-state index is 0. The van der Waals surface area contributed by atoms with E-state index in [0.29, 0.717) is 25.1 Å². The highest BCUT2D eigenvalue weighted by molar-refractivity contribution is 8.93. The van der Waals surface area contributed by atoms with Gasteiger partial charge in [0.2, 0.25) is 10.0 Å². The molecule has 1 fully saturated rings. The summed E-state index contributed by atoms with van der Waals surface area (Å²) >= 11 is 0. The molecule has 0 bridgehead atoms. The summed E-state index contributed by atoms with van der Waals surface area (Å²) < 4.78 is 27.9. The quantitative estimate of drug-likeness (QED) is 0.512. The highest BCUT2D eigenvalue weighted by atomic mass is 79.9. The van der Waals surface area contributed by atoms with Gasteiger partial charge in [-0.05, 0) is 55.3 Å². The number of benzene rings is 2. The zero-order valence-corrected chi connectivity index (χ0v) is 17.3. The van der Waals surface area contributed by atoms with Crippen LogP contribution in [0.3, 0.4) is 0 Å². The van der Waals surface area contributed by atoms with Crippen LogP contribution in [0.15, 0.2) is 42.5 Å². The van der Waals surface area contributed by atoms with Crippen molar-refractivity contribution in [1.82, 2.24) is 5.32 Å². The molecule has 2 aromatic rings. The van der Waals surface area contributed by atoms with Crippen LogP contribution in [0, 0.1) is 5.92 Å². The minimum Gasteiger partial charge on any atom is -0.506 e. The van der Waals surface area contributed by atoms with Crippen molar-refractivity contribution < 1.29 is 23.7 Å². The van der Waals surface area contributed by atoms with Crippen LogP contribution in [0.2, 0.25) is 0 Å². The van der Waals surface area contributed by atoms with Gasteiger partial charge >= 0.3 is 0 Å². The summed E-state index contributed by atoms with van der Waals surface area (Å²) in [7, 11) is -2.50. The molecular weight excluding hydrogens is 436 g/mol. The monoisotopic (exact) mass is 458 g/mol. The Morgan fingerprint density at radius 3 is 2.37 bits per heavy atom. The van der Waals surface area contributed by atoms with Gasteiger partial charge in [0, 0.05) is 7.05 Å². The van der Waals surface area contributed by atoms with Crippen LogP contribution in [0.4, 0.5) is 5.69 Å². The molecule has 4 N–H and O–H groups in total. The molecule has 148 valence electrons. The second kappa shape index (κ2) is 8.37. The number of phenolic OH excluding ortho intramolecular Hbond substituents is 3. The maximum Gasteiger partial charge on any atom is 0.242 e. The molecule has 1 aliphatic rings. The van der Waals surface area contributed by atoms with Crippen molar-refractivity contribution in [2.75, 3.05) is 24.4 Å². The number of anilines is 1. The SMILES string of the molecule is Br.CN(c1ccccc1O)S(=O)(=O)C(c1ccc(O)c(O)c1)C1CCNC1. The third-order valence-corrected chi connectivity index (χ3v) is 7.04. The zero-order valence-electron chi connectivity index (χ0n) is 14.7. The van der Waals surface area contributed by atoms with Gasteiger partial charge in [0.1, 0.15) is 11.0 Å². The molecule has 0 aromatic heterocycles. The molecule has 0 spiro atoms. The number of aromatic hydroxyl groups is 3. The van der Waals surface area contributed by atoms with Gasteiger partial charge in [-0.3, -0.25) is 4.31 Å². The summed E-state index contributed by atoms with van der Waals surface area (Å²) in [4.78, 5) is 0. The average Bonchev–Trinajstić information content (AvgIpc) is 3.12. The zero-order chi connectivity index (χ0) is 18.9. The van der Waals surface area contributed by atoms with Crippen LogP contribution in [-0.4, -0.2) is 43.9 Å². The predicted molar refractivity (Wildman–Crippen MR) is 109 cm³/mol. The number of sulfonamides is 1. The smallest absolute Gasteiger partial charge is 0.242 e. The van der Waals surface area contributed by atoms with E-state index in [9.17, 15) is 23.7 Å². The Morgan fingerprint density at radius 2 is 1.78 bits per heavy atom. The van der Waals surface area contributed by atoms with Crippen molar-refractivity contribution in [2.45, 2.75) is 11.7 Å². The van der Waals surface area contributed by atoms with Gasteiger partial charge in [-0.1, -0.05) is 18.2 Å². The molecule has 0 amide bonds. The molecule has 27 heavy (non-hydrogen) atoms. The fourth-order valence-corrected chi connectivity index (χ4v) is 5.36. The molecule has 1 heterocycles. The fraction of sp³-hybridized carbons (Fsp3) is 0.333. The molecule has 2 aromatic carbocycles. The largest absolute Gasteiger partial charge is 0.506 e. The van der Waals surface area contributed by atoms with E-state index in [0.717, 1.165) is 4.31 Å². The Hall–Kier alpha value is -1.97. The molecule has 1 saturated heterocycles. The summed E-state index contributed by atoms with van der Waals surface area (Å²) in [5.74, 6) is -0.991. The molecular formula is C18H23BrN2O5S. The van der Waals surface area contributed by atoms with Crippen molar-refractivity contribution in [3.8, 4) is 17.2 Å². The van der Waals surface area contributed by atoms with Crippen molar-refractivity contribution in [1.29, 1.82) is 0 Å². The molecule has 0 aliphatic carbocycles. The minimum atomic E-state index is -3.90. The van der Waals surface area contributed by atoms with Crippen LogP contribution in [0.5, 0.6) is 17.2 Å². The van der Waals surface area contributed by atoms with Gasteiger partial charge < -0.3 is 20.6 Å². The normalized spacial score (nSPS) is 17.9. The van der Waals surface area contributed by atoms with Crippen molar-refractivity contribution >= 4 is 32.7 Å². The van der Waals surface area contributed by atoms with Gasteiger partial charge in [0.05, 0.1) is 5.69 Å². The van der Waals surface area contributed by atoms with Crippen LogP contribution in [-0.2, 0) is 10.0 Å². The third kappa shape index (κ3) is 4.15. The maximum atomic E-state index is 13.4. The Labute approximate surface area is 169 Å². The van der Waals surface area contributed by atoms with Crippen LogP contribution >= 0.6 is 17.0 Å². The first kappa shape index (κ1) is 21.3. The van der Waals surface area contributed by atoms with Crippen LogP contribution in [0.1, 0.15) is 17.2 Å². The summed E-state index contributed by atoms with van der Waals surface area (Å²) in [6, 6.07) is 10.3. The fourth-order valence-electron chi connectivity index (χ4n) is 3.38. The highest BCUT2D eigenvalue weighted by Crippen LogP contribution is 2.41. The lowest BCUT2D eigenvalue weighted by Gasteiger charge is -2.30. The van der Waals surface area contributed by atoms with Crippen LogP contribution in [0.25, 0.3) is 0 Å². The van der Waals surface area contributed by atoms with Crippen molar-refractivity contribution in [3.05, 3.63) is 48.0 Å². The summed E-state index contributed by atoms with van der Waals surface area (Å²) in [6.07, 6.45) is 0.667. The third-order valence-electron chi connectivity index (χ3n) is 4.78. The second-order valence-electron chi connectivity index (χ2n) is 6.42. The lowest BCUT2D eigenvalue weighted by Crippen LogP contribution is -2.35. The molecule has 2 unspecified atom stereocenters. The molecule has 3 rings (SSSR count). The number of rotatable bonds is 5. The first-order chi connectivity index (χ1) is 12.3. The van der Waals surface area contributed by atoms with Gasteiger partial charge in [-0.15, -0.1) is 17.0 Å². The maximum absolute atomic E-state index is 13.4. The van der Waals surface area contributed by atoms with E-state index >= 15 is 0 Å². The molecule has 2 atom stereocenters. The Kier molecular flexibility index (Phi) is 6.61. The number of halogens is 1. The number of hydrogen-bond donors (Lipinski definition) is 4. The molecule has 1 aliphatic heterocycles. The Balaban J connectivity index is 0.00000261. The van der Waals surface area contributed by atoms with Gasteiger partial charge in [0.15, 0.2) is 11.5 Å². The van der Waals surface area contributed by atoms with E-state index in [1.165, 1.54) is 37.4 Å². The molecule has 0 radical (unpaired) electrons. The molecule has 7 nitrogen and oxygen atoms in total. The van der Waals surface area contributed by atoms with Gasteiger partial charge in [0.25, 0.3) is 0 Å². The lowest BCUT2D eigenvalue weighted by atomic mass is 9.97. The van der Waals surface area contributed by atoms with Gasteiger partial charge in [-0.2, -0.15) is 0 Å². The highest BCUT2D eigenvalue weighted by Gasteiger charge is 2.40. The first-order valence-corrected chi connectivity index (χ1v) is 9.81. The number of para-hydroxylation sites is 2. The Morgan fingerprint density at radius 1 is 1.07 bits per heavy atom. The van der Waals surface area contributed by atoms with E-state index in [1.807, 2.05) is 0 Å². The standard InChI is InChI=1S/C18H22N2O5S.BrH/c1-20(14-4-2-3-5-15(14)21)26(24,25)18(13-8-9-19-11-13)12-6-7-16(22)17(23)10-12;/h2-7,10,13,18-19,21-23H,8-9,11H2,1H3;1H. The van der Waals surface area contributed by atoms with Crippen molar-refractivity contribution in [2.24, 2.45) is 5.92 Å². The number of hydrogen-bond acceptors (Lipinski definition) is 6. The Bertz CT molecular complexity index is 900. The number of nitrogens with zero attached hydrogens (tertiary/aromatic N) is 1. The van der Waals surface area contributed by atoms with Gasteiger partial charge in [-0.25, -0.2) is 8.42 Å². The predicted octanol–water partition coefficient (Wildman–Crippen LogP) is 2.50.